The third-order valence-corrected chi connectivity index (χ3v) is 7.42. The molecule has 0 aliphatic carbocycles. The van der Waals surface area contributed by atoms with E-state index in [1.807, 2.05) is 0 Å². The number of carbonyl (C=O) groups excluding carboxylic acids is 1. The summed E-state index contributed by atoms with van der Waals surface area (Å²) in [5.41, 5.74) is 0.0954. The van der Waals surface area contributed by atoms with Gasteiger partial charge in [0.2, 0.25) is 5.82 Å². The molecule has 2 aromatic heterocycles. The molecule has 0 aliphatic rings. The van der Waals surface area contributed by atoms with E-state index >= 15 is 0 Å². The van der Waals surface area contributed by atoms with Crippen LogP contribution in [0, 0.1) is 17.1 Å². The molecule has 0 radical (unpaired) electrons. The lowest BCUT2D eigenvalue weighted by molar-refractivity contribution is -0.149. The smallest absolute Gasteiger partial charge is 0.361 e. The molecule has 1 aromatic carbocycles. The lowest BCUT2D eigenvalue weighted by Gasteiger charge is -2.16. The molecule has 0 bridgehead atoms. The number of halogens is 5. The predicted octanol–water partition coefficient (Wildman–Crippen LogP) is 5.56. The fourth-order valence-corrected chi connectivity index (χ4v) is 4.47. The number of alkyl halides is 3. The Labute approximate surface area is 223 Å². The van der Waals surface area contributed by atoms with Crippen molar-refractivity contribution in [3.8, 4) is 17.3 Å². The summed E-state index contributed by atoms with van der Waals surface area (Å²) in [5.74, 6) is -2.77. The minimum atomic E-state index is -4.76. The molecule has 0 saturated heterocycles. The van der Waals surface area contributed by atoms with Crippen LogP contribution in [0.1, 0.15) is 28.8 Å². The van der Waals surface area contributed by atoms with Gasteiger partial charge in [0, 0.05) is 38.7 Å². The summed E-state index contributed by atoms with van der Waals surface area (Å²) in [4.78, 5) is 16.2. The first-order chi connectivity index (χ1) is 17.7. The van der Waals surface area contributed by atoms with Crippen molar-refractivity contribution in [2.75, 3.05) is 6.61 Å². The van der Waals surface area contributed by atoms with Crippen molar-refractivity contribution < 1.29 is 27.1 Å². The van der Waals surface area contributed by atoms with E-state index in [2.05, 4.69) is 35.0 Å². The average Bonchev–Trinajstić information content (AvgIpc) is 3.43. The Morgan fingerprint density at radius 1 is 1.32 bits per heavy atom. The monoisotopic (exact) mass is 570 g/mol. The largest absolute Gasteiger partial charge is 0.449 e. The number of hydrogen-bond donors (Lipinski definition) is 1. The summed E-state index contributed by atoms with van der Waals surface area (Å²) in [5, 5.41) is 15.8. The van der Waals surface area contributed by atoms with E-state index in [-0.39, 0.29) is 29.6 Å². The molecule has 3 aromatic rings. The second-order valence-corrected chi connectivity index (χ2v) is 16.0. The second-order valence-electron chi connectivity index (χ2n) is 9.99. The van der Waals surface area contributed by atoms with Crippen molar-refractivity contribution in [3.63, 3.8) is 0 Å². The zero-order valence-corrected chi connectivity index (χ0v) is 23.0. The number of nitrogens with zero attached hydrogens (tertiary/aromatic N) is 5. The molecular weight excluding hydrogens is 544 g/mol. The molecular formula is C24H27ClF4N6O2Si. The highest BCUT2D eigenvalue weighted by atomic mass is 35.5. The summed E-state index contributed by atoms with van der Waals surface area (Å²) in [7, 11) is -1.41. The van der Waals surface area contributed by atoms with Gasteiger partial charge in [-0.1, -0.05) is 31.2 Å². The minimum Gasteiger partial charge on any atom is -0.361 e. The fraction of sp³-hybridized carbons (Fsp3) is 0.417. The number of carbonyl (C=O) groups is 1. The minimum absolute atomic E-state index is 0.0446. The lowest BCUT2D eigenvalue weighted by Crippen LogP contribution is -2.36. The first-order valence-corrected chi connectivity index (χ1v) is 15.7. The van der Waals surface area contributed by atoms with E-state index in [1.165, 1.54) is 10.7 Å². The van der Waals surface area contributed by atoms with E-state index in [0.717, 1.165) is 22.9 Å². The maximum Gasteiger partial charge on any atom is 0.449 e. The molecule has 0 saturated carbocycles. The highest BCUT2D eigenvalue weighted by molar-refractivity contribution is 6.76. The van der Waals surface area contributed by atoms with Gasteiger partial charge in [0.05, 0.1) is 17.3 Å². The van der Waals surface area contributed by atoms with Crippen molar-refractivity contribution in [1.29, 1.82) is 5.26 Å². The molecule has 2 heterocycles. The van der Waals surface area contributed by atoms with Gasteiger partial charge in [-0.2, -0.15) is 23.5 Å². The third kappa shape index (κ3) is 7.65. The van der Waals surface area contributed by atoms with Gasteiger partial charge in [-0.25, -0.2) is 9.37 Å². The van der Waals surface area contributed by atoms with Gasteiger partial charge in [-0.05, 0) is 31.2 Å². The average molecular weight is 571 g/mol. The number of rotatable bonds is 10. The lowest BCUT2D eigenvalue weighted by atomic mass is 10.1. The van der Waals surface area contributed by atoms with Crippen LogP contribution in [0.25, 0.3) is 11.3 Å². The number of nitriles is 1. The molecule has 0 fully saturated rings. The Hall–Kier alpha value is -3.21. The summed E-state index contributed by atoms with van der Waals surface area (Å²) in [6.45, 7) is 8.16. The van der Waals surface area contributed by atoms with Gasteiger partial charge >= 0.3 is 6.18 Å². The molecule has 1 amide bonds. The Kier molecular flexibility index (Phi) is 9.01. The van der Waals surface area contributed by atoms with Crippen LogP contribution in [0.5, 0.6) is 0 Å². The maximum atomic E-state index is 14.1. The van der Waals surface area contributed by atoms with Gasteiger partial charge in [-0.15, -0.1) is 0 Å². The van der Waals surface area contributed by atoms with Gasteiger partial charge in [0.25, 0.3) is 5.91 Å². The van der Waals surface area contributed by atoms with Crippen LogP contribution in [0.15, 0.2) is 30.6 Å². The van der Waals surface area contributed by atoms with Gasteiger partial charge in [0.15, 0.2) is 0 Å². The topological polar surface area (TPSA) is 97.8 Å². The van der Waals surface area contributed by atoms with Crippen LogP contribution < -0.4 is 5.32 Å². The Morgan fingerprint density at radius 3 is 2.63 bits per heavy atom. The Balaban J connectivity index is 1.66. The van der Waals surface area contributed by atoms with E-state index in [1.54, 1.807) is 25.3 Å². The van der Waals surface area contributed by atoms with Crippen LogP contribution in [0.2, 0.25) is 30.7 Å². The first kappa shape index (κ1) is 29.3. The number of amides is 1. The number of nitrogens with one attached hydrogen (secondary N) is 1. The molecule has 38 heavy (non-hydrogen) atoms. The normalized spacial score (nSPS) is 12.8. The van der Waals surface area contributed by atoms with Crippen LogP contribution >= 0.6 is 11.6 Å². The molecule has 0 aliphatic heterocycles. The number of ether oxygens (including phenoxy) is 1. The molecule has 1 N–H and O–H groups in total. The van der Waals surface area contributed by atoms with E-state index < -0.39 is 37.8 Å². The van der Waals surface area contributed by atoms with E-state index in [0.29, 0.717) is 17.9 Å². The van der Waals surface area contributed by atoms with Crippen molar-refractivity contribution in [2.24, 2.45) is 0 Å². The van der Waals surface area contributed by atoms with Crippen molar-refractivity contribution in [3.05, 3.63) is 58.5 Å². The fourth-order valence-electron chi connectivity index (χ4n) is 3.46. The van der Waals surface area contributed by atoms with Crippen molar-refractivity contribution in [2.45, 2.75) is 58.1 Å². The van der Waals surface area contributed by atoms with Crippen LogP contribution in [-0.2, 0) is 24.2 Å². The van der Waals surface area contributed by atoms with Crippen LogP contribution in [-0.4, -0.2) is 46.0 Å². The standard InChI is InChI=1S/C24H27ClF4N6O2Si/c1-15(12-35-6-5-20(33-35)16-9-18(25)17(11-30)19(26)10-16)31-22(36)21-13-34(23(32-21)24(27,28)29)14-37-7-8-38(2,3)4/h5-6,9-10,13,15H,7-8,12,14H2,1-4H3,(H,31,36). The van der Waals surface area contributed by atoms with Crippen LogP contribution in [0.3, 0.4) is 0 Å². The molecule has 8 nitrogen and oxygen atoms in total. The van der Waals surface area contributed by atoms with Gasteiger partial charge in [0.1, 0.15) is 29.9 Å². The SMILES string of the molecule is CC(Cn1ccc(-c2cc(F)c(C#N)c(Cl)c2)n1)NC(=O)c1cn(COCC[Si](C)(C)C)c(C(F)(F)F)n1. The highest BCUT2D eigenvalue weighted by Crippen LogP contribution is 2.29. The Bertz CT molecular complexity index is 1320. The first-order valence-electron chi connectivity index (χ1n) is 11.6. The van der Waals surface area contributed by atoms with Gasteiger partial charge in [-0.3, -0.25) is 9.48 Å². The number of aromatic nitrogens is 4. The number of hydrogen-bond acceptors (Lipinski definition) is 5. The summed E-state index contributed by atoms with van der Waals surface area (Å²) < 4.78 is 62.2. The molecule has 3 rings (SSSR count). The highest BCUT2D eigenvalue weighted by Gasteiger charge is 2.38. The van der Waals surface area contributed by atoms with Crippen molar-refractivity contribution >= 4 is 25.6 Å². The van der Waals surface area contributed by atoms with E-state index in [9.17, 15) is 22.4 Å². The van der Waals surface area contributed by atoms with E-state index in [4.69, 9.17) is 21.6 Å². The molecule has 0 spiro atoms. The summed E-state index contributed by atoms with van der Waals surface area (Å²) >= 11 is 5.96. The van der Waals surface area contributed by atoms with Gasteiger partial charge < -0.3 is 14.6 Å². The zero-order valence-electron chi connectivity index (χ0n) is 21.2. The number of imidazole rings is 1. The maximum absolute atomic E-state index is 14.1. The summed E-state index contributed by atoms with van der Waals surface area (Å²) in [6, 6.07) is 6.11. The third-order valence-electron chi connectivity index (χ3n) is 5.42. The molecule has 14 heteroatoms. The second kappa shape index (κ2) is 11.7. The predicted molar refractivity (Wildman–Crippen MR) is 136 cm³/mol. The summed E-state index contributed by atoms with van der Waals surface area (Å²) in [6.07, 6.45) is -2.14. The molecule has 1 unspecified atom stereocenters. The Morgan fingerprint density at radius 2 is 2.03 bits per heavy atom. The van der Waals surface area contributed by atoms with Crippen LogP contribution in [0.4, 0.5) is 17.6 Å². The molecule has 1 atom stereocenters. The number of benzene rings is 1. The quantitative estimate of drug-likeness (QED) is 0.195. The van der Waals surface area contributed by atoms with Crippen molar-refractivity contribution in [1.82, 2.24) is 24.6 Å². The molecule has 204 valence electrons. The zero-order chi connectivity index (χ0) is 28.3.